The van der Waals surface area contributed by atoms with Crippen molar-refractivity contribution >= 4 is 5.52 Å². The van der Waals surface area contributed by atoms with Crippen LogP contribution in [0.3, 0.4) is 0 Å². The van der Waals surface area contributed by atoms with Gasteiger partial charge in [-0.15, -0.1) is 0 Å². The first kappa shape index (κ1) is 16.6. The first-order valence-electron chi connectivity index (χ1n) is 9.62. The molecule has 4 heteroatoms. The average Bonchev–Trinajstić information content (AvgIpc) is 3.27. The molecule has 4 rings (SSSR count). The number of hydrogen-bond acceptors (Lipinski definition) is 3. The van der Waals surface area contributed by atoms with Crippen LogP contribution in [0.5, 0.6) is 0 Å². The number of hydrogen-bond donors (Lipinski definition) is 2. The van der Waals surface area contributed by atoms with Gasteiger partial charge in [-0.1, -0.05) is 19.6 Å². The molecule has 1 aliphatic heterocycles. The van der Waals surface area contributed by atoms with Crippen LogP contribution in [-0.2, 0) is 12.0 Å². The zero-order valence-corrected chi connectivity index (χ0v) is 15.7. The van der Waals surface area contributed by atoms with Gasteiger partial charge in [-0.2, -0.15) is 0 Å². The first-order valence-corrected chi connectivity index (χ1v) is 9.62. The number of nitrogens with one attached hydrogen (secondary N) is 2. The highest BCUT2D eigenvalue weighted by Crippen LogP contribution is 2.41. The largest absolute Gasteiger partial charge is 0.377 e. The third kappa shape index (κ3) is 2.86. The van der Waals surface area contributed by atoms with Crippen molar-refractivity contribution in [1.82, 2.24) is 20.0 Å². The minimum Gasteiger partial charge on any atom is -0.377 e. The SMILES string of the molecule is C=C(NC(C)(C)c1ncc2c(CC)cccn12)C1CC2CNCC2C1. The molecule has 2 aromatic heterocycles. The lowest BCUT2D eigenvalue weighted by Crippen LogP contribution is -2.39. The monoisotopic (exact) mass is 338 g/mol. The Morgan fingerprint density at radius 3 is 2.76 bits per heavy atom. The Morgan fingerprint density at radius 1 is 1.36 bits per heavy atom. The maximum atomic E-state index is 4.76. The van der Waals surface area contributed by atoms with Gasteiger partial charge in [0.25, 0.3) is 0 Å². The second-order valence-electron chi connectivity index (χ2n) is 8.35. The molecule has 3 heterocycles. The van der Waals surface area contributed by atoms with E-state index in [2.05, 4.69) is 60.7 Å². The number of fused-ring (bicyclic) bond motifs is 2. The third-order valence-electron chi connectivity index (χ3n) is 6.22. The highest BCUT2D eigenvalue weighted by atomic mass is 15.1. The second kappa shape index (κ2) is 6.17. The lowest BCUT2D eigenvalue weighted by Gasteiger charge is -2.30. The molecule has 2 unspecified atom stereocenters. The Kier molecular flexibility index (Phi) is 4.11. The van der Waals surface area contributed by atoms with E-state index in [-0.39, 0.29) is 5.54 Å². The van der Waals surface area contributed by atoms with E-state index in [0.29, 0.717) is 5.92 Å². The fraction of sp³-hybridized carbons (Fsp3) is 0.571. The second-order valence-corrected chi connectivity index (χ2v) is 8.35. The van der Waals surface area contributed by atoms with Gasteiger partial charge in [0, 0.05) is 11.9 Å². The van der Waals surface area contributed by atoms with Gasteiger partial charge in [0.05, 0.1) is 17.3 Å². The number of imidazole rings is 1. The van der Waals surface area contributed by atoms with Gasteiger partial charge in [0.15, 0.2) is 0 Å². The summed E-state index contributed by atoms with van der Waals surface area (Å²) in [6.45, 7) is 13.4. The number of aryl methyl sites for hydroxylation is 1. The molecular weight excluding hydrogens is 308 g/mol. The molecule has 0 aromatic carbocycles. The summed E-state index contributed by atoms with van der Waals surface area (Å²) in [5, 5.41) is 7.24. The van der Waals surface area contributed by atoms with Crippen LogP contribution >= 0.6 is 0 Å². The van der Waals surface area contributed by atoms with E-state index in [9.17, 15) is 0 Å². The summed E-state index contributed by atoms with van der Waals surface area (Å²) in [5.74, 6) is 3.32. The molecule has 25 heavy (non-hydrogen) atoms. The van der Waals surface area contributed by atoms with Gasteiger partial charge in [-0.25, -0.2) is 4.98 Å². The van der Waals surface area contributed by atoms with Crippen molar-refractivity contribution in [2.24, 2.45) is 17.8 Å². The molecule has 2 aromatic rings. The van der Waals surface area contributed by atoms with Gasteiger partial charge in [0.1, 0.15) is 5.82 Å². The minimum atomic E-state index is -0.244. The Morgan fingerprint density at radius 2 is 2.08 bits per heavy atom. The molecule has 0 radical (unpaired) electrons. The average molecular weight is 338 g/mol. The van der Waals surface area contributed by atoms with E-state index >= 15 is 0 Å². The summed E-state index contributed by atoms with van der Waals surface area (Å²) in [5.41, 5.74) is 3.49. The van der Waals surface area contributed by atoms with Crippen LogP contribution in [0.15, 0.2) is 36.8 Å². The fourth-order valence-corrected chi connectivity index (χ4v) is 4.85. The lowest BCUT2D eigenvalue weighted by molar-refractivity contribution is 0.383. The molecule has 0 amide bonds. The van der Waals surface area contributed by atoms with Crippen LogP contribution in [0.2, 0.25) is 0 Å². The predicted molar refractivity (Wildman–Crippen MR) is 102 cm³/mol. The number of allylic oxidation sites excluding steroid dienone is 1. The molecular formula is C21H30N4. The van der Waals surface area contributed by atoms with Crippen molar-refractivity contribution in [3.8, 4) is 0 Å². The van der Waals surface area contributed by atoms with E-state index in [1.807, 2.05) is 6.20 Å². The molecule has 2 N–H and O–H groups in total. The van der Waals surface area contributed by atoms with Gasteiger partial charge in [-0.3, -0.25) is 0 Å². The number of pyridine rings is 1. The summed E-state index contributed by atoms with van der Waals surface area (Å²) in [6.07, 6.45) is 7.68. The summed E-state index contributed by atoms with van der Waals surface area (Å²) in [4.78, 5) is 4.76. The van der Waals surface area contributed by atoms with E-state index < -0.39 is 0 Å². The number of rotatable bonds is 5. The lowest BCUT2D eigenvalue weighted by atomic mass is 9.97. The molecule has 1 saturated carbocycles. The van der Waals surface area contributed by atoms with E-state index in [1.54, 1.807) is 0 Å². The molecule has 2 aliphatic rings. The normalized spacial score (nSPS) is 26.1. The van der Waals surface area contributed by atoms with Gasteiger partial charge >= 0.3 is 0 Å². The van der Waals surface area contributed by atoms with Gasteiger partial charge in [0.2, 0.25) is 0 Å². The van der Waals surface area contributed by atoms with Crippen molar-refractivity contribution in [2.45, 2.75) is 45.6 Å². The Hall–Kier alpha value is -1.81. The van der Waals surface area contributed by atoms with Crippen LogP contribution in [-0.4, -0.2) is 22.5 Å². The smallest absolute Gasteiger partial charge is 0.138 e. The molecule has 2 atom stereocenters. The molecule has 0 bridgehead atoms. The van der Waals surface area contributed by atoms with Crippen molar-refractivity contribution in [1.29, 1.82) is 0 Å². The van der Waals surface area contributed by atoms with Crippen molar-refractivity contribution in [2.75, 3.05) is 13.1 Å². The van der Waals surface area contributed by atoms with E-state index in [1.165, 1.54) is 42.7 Å². The standard InChI is InChI=1S/C21H30N4/c1-5-15-7-6-8-25-19(15)13-23-20(25)21(3,4)24-14(2)16-9-17-11-22-12-18(17)10-16/h6-8,13,16-18,22,24H,2,5,9-12H2,1,3-4H3. The highest BCUT2D eigenvalue weighted by molar-refractivity contribution is 5.54. The van der Waals surface area contributed by atoms with Crippen molar-refractivity contribution in [3.05, 3.63) is 48.2 Å². The van der Waals surface area contributed by atoms with Crippen LogP contribution in [0.1, 0.15) is 45.0 Å². The van der Waals surface area contributed by atoms with Crippen LogP contribution in [0.4, 0.5) is 0 Å². The van der Waals surface area contributed by atoms with Crippen LogP contribution < -0.4 is 10.6 Å². The third-order valence-corrected chi connectivity index (χ3v) is 6.22. The van der Waals surface area contributed by atoms with E-state index in [4.69, 9.17) is 4.98 Å². The zero-order valence-electron chi connectivity index (χ0n) is 15.7. The quantitative estimate of drug-likeness (QED) is 0.877. The fourth-order valence-electron chi connectivity index (χ4n) is 4.85. The molecule has 2 fully saturated rings. The maximum Gasteiger partial charge on any atom is 0.138 e. The number of nitrogens with zero attached hydrogens (tertiary/aromatic N) is 2. The zero-order chi connectivity index (χ0) is 17.6. The van der Waals surface area contributed by atoms with Gasteiger partial charge in [-0.05, 0) is 75.6 Å². The van der Waals surface area contributed by atoms with Crippen LogP contribution in [0, 0.1) is 17.8 Å². The topological polar surface area (TPSA) is 41.4 Å². The summed E-state index contributed by atoms with van der Waals surface area (Å²) in [7, 11) is 0. The summed E-state index contributed by atoms with van der Waals surface area (Å²) in [6, 6.07) is 4.30. The highest BCUT2D eigenvalue weighted by Gasteiger charge is 2.39. The molecule has 1 saturated heterocycles. The molecule has 1 aliphatic carbocycles. The summed E-state index contributed by atoms with van der Waals surface area (Å²) < 4.78 is 2.23. The Labute approximate surface area is 150 Å². The molecule has 134 valence electrons. The molecule has 4 nitrogen and oxygen atoms in total. The minimum absolute atomic E-state index is 0.244. The Balaban J connectivity index is 1.55. The van der Waals surface area contributed by atoms with Crippen molar-refractivity contribution < 1.29 is 0 Å². The Bertz CT molecular complexity index is 776. The maximum absolute atomic E-state index is 4.76. The van der Waals surface area contributed by atoms with Gasteiger partial charge < -0.3 is 15.0 Å². The molecule has 0 spiro atoms. The van der Waals surface area contributed by atoms with Crippen molar-refractivity contribution in [3.63, 3.8) is 0 Å². The van der Waals surface area contributed by atoms with Crippen LogP contribution in [0.25, 0.3) is 5.52 Å². The van der Waals surface area contributed by atoms with E-state index in [0.717, 1.165) is 24.1 Å². The first-order chi connectivity index (χ1) is 12.0. The summed E-state index contributed by atoms with van der Waals surface area (Å²) >= 11 is 0. The number of aromatic nitrogens is 2. The predicted octanol–water partition coefficient (Wildman–Crippen LogP) is 3.48.